The average molecular weight is 475 g/mol. The Morgan fingerprint density at radius 2 is 1.71 bits per heavy atom. The van der Waals surface area contributed by atoms with Crippen LogP contribution in [0.5, 0.6) is 5.75 Å². The fourth-order valence-electron chi connectivity index (χ4n) is 3.35. The fourth-order valence-corrected chi connectivity index (χ4v) is 3.52. The predicted molar refractivity (Wildman–Crippen MR) is 128 cm³/mol. The molecule has 34 heavy (non-hydrogen) atoms. The Kier molecular flexibility index (Phi) is 6.30. The van der Waals surface area contributed by atoms with E-state index in [0.717, 1.165) is 16.0 Å². The van der Waals surface area contributed by atoms with Crippen molar-refractivity contribution in [3.63, 3.8) is 0 Å². The first-order valence-corrected chi connectivity index (χ1v) is 10.7. The van der Waals surface area contributed by atoms with Crippen molar-refractivity contribution in [3.05, 3.63) is 99.6 Å². The van der Waals surface area contributed by atoms with Crippen LogP contribution in [0.2, 0.25) is 5.02 Å². The third-order valence-electron chi connectivity index (χ3n) is 5.17. The summed E-state index contributed by atoms with van der Waals surface area (Å²) in [6.45, 7) is 3.67. The van der Waals surface area contributed by atoms with Gasteiger partial charge in [-0.2, -0.15) is 0 Å². The summed E-state index contributed by atoms with van der Waals surface area (Å²) in [5, 5.41) is 2.55. The molecule has 0 unspecified atom stereocenters. The van der Waals surface area contributed by atoms with Gasteiger partial charge in [-0.25, -0.2) is 14.5 Å². The molecular formula is C26H19ClN2O5. The molecule has 0 aromatic heterocycles. The first kappa shape index (κ1) is 22.9. The zero-order chi connectivity index (χ0) is 24.4. The van der Waals surface area contributed by atoms with Crippen LogP contribution in [0.25, 0.3) is 6.08 Å². The molecule has 1 aliphatic heterocycles. The molecule has 4 rings (SSSR count). The van der Waals surface area contributed by atoms with Gasteiger partial charge < -0.3 is 4.74 Å². The largest absolute Gasteiger partial charge is 0.423 e. The van der Waals surface area contributed by atoms with Crippen molar-refractivity contribution in [3.8, 4) is 5.75 Å². The monoisotopic (exact) mass is 474 g/mol. The Morgan fingerprint density at radius 3 is 2.38 bits per heavy atom. The molecule has 0 aliphatic carbocycles. The van der Waals surface area contributed by atoms with Crippen LogP contribution in [0.4, 0.5) is 10.5 Å². The number of hydrogen-bond acceptors (Lipinski definition) is 5. The lowest BCUT2D eigenvalue weighted by Gasteiger charge is -2.26. The van der Waals surface area contributed by atoms with Gasteiger partial charge in [-0.1, -0.05) is 47.5 Å². The second-order valence-electron chi connectivity index (χ2n) is 7.72. The molecule has 3 aromatic rings. The van der Waals surface area contributed by atoms with Crippen molar-refractivity contribution >= 4 is 47.2 Å². The van der Waals surface area contributed by atoms with Gasteiger partial charge in [0.15, 0.2) is 0 Å². The Hall–Kier alpha value is -4.23. The lowest BCUT2D eigenvalue weighted by Crippen LogP contribution is -2.54. The molecule has 1 aliphatic rings. The van der Waals surface area contributed by atoms with Gasteiger partial charge in [0.2, 0.25) is 0 Å². The summed E-state index contributed by atoms with van der Waals surface area (Å²) >= 11 is 6.13. The molecule has 0 bridgehead atoms. The molecule has 3 aromatic carbocycles. The Bertz CT molecular complexity index is 1360. The molecule has 7 nitrogen and oxygen atoms in total. The molecule has 0 atom stereocenters. The van der Waals surface area contributed by atoms with Crippen molar-refractivity contribution in [1.82, 2.24) is 5.32 Å². The van der Waals surface area contributed by atoms with Crippen molar-refractivity contribution in [1.29, 1.82) is 0 Å². The summed E-state index contributed by atoms with van der Waals surface area (Å²) in [4.78, 5) is 50.9. The molecule has 1 N–H and O–H groups in total. The molecule has 0 radical (unpaired) electrons. The molecule has 4 amide bonds. The third kappa shape index (κ3) is 4.74. The van der Waals surface area contributed by atoms with Crippen LogP contribution in [0, 0.1) is 13.8 Å². The van der Waals surface area contributed by atoms with Crippen LogP contribution in [-0.2, 0) is 9.59 Å². The zero-order valence-electron chi connectivity index (χ0n) is 18.3. The Labute approximate surface area is 200 Å². The van der Waals surface area contributed by atoms with Crippen LogP contribution in [0.15, 0.2) is 72.3 Å². The van der Waals surface area contributed by atoms with E-state index >= 15 is 0 Å². The maximum atomic E-state index is 13.0. The highest BCUT2D eigenvalue weighted by Crippen LogP contribution is 2.27. The second kappa shape index (κ2) is 9.33. The van der Waals surface area contributed by atoms with Gasteiger partial charge in [0, 0.05) is 5.02 Å². The first-order valence-electron chi connectivity index (χ1n) is 10.3. The van der Waals surface area contributed by atoms with Crippen LogP contribution in [0.1, 0.15) is 27.0 Å². The standard InChI is InChI=1S/C26H19ClN2O5/c1-15-4-3-5-18(12-15)25(32)34-20-10-7-17(8-11-20)13-21-23(30)28-26(33)29(24(21)31)19-9-6-16(2)22(27)14-19/h3-14H,1-2H3,(H,28,30,33)/b21-13-. The van der Waals surface area contributed by atoms with E-state index < -0.39 is 23.8 Å². The van der Waals surface area contributed by atoms with Crippen molar-refractivity contribution < 1.29 is 23.9 Å². The number of esters is 1. The minimum atomic E-state index is -0.856. The summed E-state index contributed by atoms with van der Waals surface area (Å²) in [6, 6.07) is 17.2. The lowest BCUT2D eigenvalue weighted by molar-refractivity contribution is -0.122. The molecular weight excluding hydrogens is 456 g/mol. The number of ether oxygens (including phenoxy) is 1. The van der Waals surface area contributed by atoms with Gasteiger partial charge in [0.05, 0.1) is 11.3 Å². The molecule has 1 fully saturated rings. The fraction of sp³-hybridized carbons (Fsp3) is 0.0769. The van der Waals surface area contributed by atoms with Gasteiger partial charge in [-0.3, -0.25) is 14.9 Å². The summed E-state index contributed by atoms with van der Waals surface area (Å²) in [5.74, 6) is -1.77. The molecule has 170 valence electrons. The number of urea groups is 1. The number of carbonyl (C=O) groups is 4. The lowest BCUT2D eigenvalue weighted by atomic mass is 10.1. The maximum Gasteiger partial charge on any atom is 0.343 e. The van der Waals surface area contributed by atoms with Crippen molar-refractivity contribution in [2.75, 3.05) is 4.90 Å². The van der Waals surface area contributed by atoms with Gasteiger partial charge in [-0.05, 0) is 67.4 Å². The van der Waals surface area contributed by atoms with Gasteiger partial charge >= 0.3 is 12.0 Å². The third-order valence-corrected chi connectivity index (χ3v) is 5.58. The van der Waals surface area contributed by atoms with Crippen LogP contribution < -0.4 is 15.0 Å². The van der Waals surface area contributed by atoms with E-state index in [1.807, 2.05) is 13.0 Å². The minimum Gasteiger partial charge on any atom is -0.423 e. The van der Waals surface area contributed by atoms with E-state index in [0.29, 0.717) is 21.9 Å². The second-order valence-corrected chi connectivity index (χ2v) is 8.13. The maximum absolute atomic E-state index is 13.0. The van der Waals surface area contributed by atoms with E-state index in [2.05, 4.69) is 5.32 Å². The van der Waals surface area contributed by atoms with E-state index in [-0.39, 0.29) is 11.3 Å². The highest BCUT2D eigenvalue weighted by molar-refractivity contribution is 6.39. The van der Waals surface area contributed by atoms with Gasteiger partial charge in [0.1, 0.15) is 11.3 Å². The number of hydrogen-bond donors (Lipinski definition) is 1. The van der Waals surface area contributed by atoms with Crippen molar-refractivity contribution in [2.45, 2.75) is 13.8 Å². The number of imide groups is 2. The van der Waals surface area contributed by atoms with E-state index in [4.69, 9.17) is 16.3 Å². The van der Waals surface area contributed by atoms with Crippen molar-refractivity contribution in [2.24, 2.45) is 0 Å². The number of aryl methyl sites for hydroxylation is 2. The van der Waals surface area contributed by atoms with Crippen LogP contribution >= 0.6 is 11.6 Å². The Balaban J connectivity index is 1.55. The highest BCUT2D eigenvalue weighted by atomic mass is 35.5. The van der Waals surface area contributed by atoms with Gasteiger partial charge in [0.25, 0.3) is 11.8 Å². The number of nitrogens with zero attached hydrogens (tertiary/aromatic N) is 1. The van der Waals surface area contributed by atoms with Gasteiger partial charge in [-0.15, -0.1) is 0 Å². The Morgan fingerprint density at radius 1 is 0.971 bits per heavy atom. The summed E-state index contributed by atoms with van der Waals surface area (Å²) in [5.41, 5.74) is 2.68. The summed E-state index contributed by atoms with van der Waals surface area (Å²) in [7, 11) is 0. The molecule has 1 heterocycles. The number of carbonyl (C=O) groups excluding carboxylic acids is 4. The predicted octanol–water partition coefficient (Wildman–Crippen LogP) is 4.84. The molecule has 0 saturated carbocycles. The normalized spacial score (nSPS) is 14.9. The number of amides is 4. The smallest absolute Gasteiger partial charge is 0.343 e. The minimum absolute atomic E-state index is 0.221. The number of halogens is 1. The highest BCUT2D eigenvalue weighted by Gasteiger charge is 2.36. The first-order chi connectivity index (χ1) is 16.2. The number of benzene rings is 3. The zero-order valence-corrected chi connectivity index (χ0v) is 19.1. The molecule has 0 spiro atoms. The van der Waals surface area contributed by atoms with Crippen LogP contribution in [-0.4, -0.2) is 23.8 Å². The molecule has 1 saturated heterocycles. The van der Waals surface area contributed by atoms with E-state index in [9.17, 15) is 19.2 Å². The summed E-state index contributed by atoms with van der Waals surface area (Å²) < 4.78 is 5.38. The topological polar surface area (TPSA) is 92.8 Å². The van der Waals surface area contributed by atoms with Crippen LogP contribution in [0.3, 0.4) is 0 Å². The average Bonchev–Trinajstić information content (AvgIpc) is 2.80. The summed E-state index contributed by atoms with van der Waals surface area (Å²) in [6.07, 6.45) is 1.36. The SMILES string of the molecule is Cc1cccc(C(=O)Oc2ccc(/C=C3/C(=O)NC(=O)N(c4ccc(C)c(Cl)c4)C3=O)cc2)c1. The quantitative estimate of drug-likeness (QED) is 0.253. The van der Waals surface area contributed by atoms with E-state index in [1.54, 1.807) is 61.5 Å². The molecule has 8 heteroatoms. The number of nitrogens with one attached hydrogen (secondary N) is 1. The number of anilines is 1. The number of barbiturate groups is 1. The van der Waals surface area contributed by atoms with E-state index in [1.165, 1.54) is 12.1 Å². The number of rotatable bonds is 4.